The van der Waals surface area contributed by atoms with E-state index in [9.17, 15) is 30.6 Å². The van der Waals surface area contributed by atoms with Gasteiger partial charge in [0.25, 0.3) is 15.7 Å². The summed E-state index contributed by atoms with van der Waals surface area (Å²) in [5.74, 6) is -0.268. The van der Waals surface area contributed by atoms with Crippen LogP contribution in [0.15, 0.2) is 117 Å². The van der Waals surface area contributed by atoms with E-state index in [0.29, 0.717) is 18.7 Å². The number of nitrogens with zero attached hydrogens (tertiary/aromatic N) is 4. The molecule has 4 aromatic carbocycles. The molecule has 0 bridgehead atoms. The van der Waals surface area contributed by atoms with Crippen LogP contribution in [0.5, 0.6) is 0 Å². The molecule has 2 heterocycles. The number of alkyl halides is 3. The average Bonchev–Trinajstić information content (AvgIpc) is 3.28. The van der Waals surface area contributed by atoms with E-state index < -0.39 is 43.2 Å². The Morgan fingerprint density at radius 3 is 2.20 bits per heavy atom. The second-order valence-electron chi connectivity index (χ2n) is 17.9. The Balaban J connectivity index is 0.996. The Labute approximate surface area is 393 Å². The Morgan fingerprint density at radius 2 is 1.54 bits per heavy atom. The molecule has 0 radical (unpaired) electrons. The van der Waals surface area contributed by atoms with E-state index >= 15 is 0 Å². The summed E-state index contributed by atoms with van der Waals surface area (Å²) in [7, 11) is -6.22. The van der Waals surface area contributed by atoms with Crippen LogP contribution in [0.25, 0.3) is 5.57 Å². The first-order valence-corrected chi connectivity index (χ1v) is 26.0. The molecule has 3 aliphatic rings. The van der Waals surface area contributed by atoms with Crippen LogP contribution in [0.1, 0.15) is 55.5 Å². The maximum atomic E-state index is 14.2. The van der Waals surface area contributed by atoms with E-state index in [-0.39, 0.29) is 21.6 Å². The van der Waals surface area contributed by atoms with E-state index in [1.54, 1.807) is 12.1 Å². The van der Waals surface area contributed by atoms with E-state index in [0.717, 1.165) is 99.8 Å². The van der Waals surface area contributed by atoms with Crippen molar-refractivity contribution in [1.82, 2.24) is 19.4 Å². The van der Waals surface area contributed by atoms with Gasteiger partial charge in [-0.1, -0.05) is 61.4 Å². The summed E-state index contributed by atoms with van der Waals surface area (Å²) in [6, 6.07) is 27.4. The minimum atomic E-state index is -5.89. The van der Waals surface area contributed by atoms with Crippen molar-refractivity contribution >= 4 is 67.0 Å². The van der Waals surface area contributed by atoms with Crippen LogP contribution in [0.3, 0.4) is 0 Å². The second kappa shape index (κ2) is 21.4. The lowest BCUT2D eigenvalue weighted by Gasteiger charge is -2.39. The van der Waals surface area contributed by atoms with Crippen molar-refractivity contribution in [1.29, 1.82) is 0 Å². The van der Waals surface area contributed by atoms with Crippen molar-refractivity contribution in [2.45, 2.75) is 65.8 Å². The molecule has 2 atom stereocenters. The normalized spacial score (nSPS) is 18.9. The van der Waals surface area contributed by atoms with Gasteiger partial charge >= 0.3 is 5.51 Å². The number of likely N-dealkylation sites (N-methyl/N-ethyl adjacent to an activating group) is 1. The molecule has 350 valence electrons. The smallest absolute Gasteiger partial charge is 0.380 e. The Bertz CT molecular complexity index is 2420. The van der Waals surface area contributed by atoms with Gasteiger partial charge in [0.2, 0.25) is 0 Å². The molecule has 2 aliphatic heterocycles. The van der Waals surface area contributed by atoms with Gasteiger partial charge in [0.15, 0.2) is 11.0 Å². The van der Waals surface area contributed by atoms with Crippen LogP contribution in [0.4, 0.5) is 24.5 Å². The third-order valence-electron chi connectivity index (χ3n) is 12.5. The molecule has 4 aromatic rings. The lowest BCUT2D eigenvalue weighted by Crippen LogP contribution is -2.47. The van der Waals surface area contributed by atoms with Gasteiger partial charge in [-0.05, 0) is 116 Å². The number of anilines is 2. The maximum Gasteiger partial charge on any atom is 0.501 e. The second-order valence-corrected chi connectivity index (χ2v) is 22.6. The number of rotatable bonds is 16. The summed E-state index contributed by atoms with van der Waals surface area (Å²) in [6.45, 7) is 13.0. The van der Waals surface area contributed by atoms with E-state index in [4.69, 9.17) is 11.6 Å². The highest BCUT2D eigenvalue weighted by Crippen LogP contribution is 2.43. The van der Waals surface area contributed by atoms with Crippen LogP contribution < -0.4 is 14.9 Å². The zero-order valence-corrected chi connectivity index (χ0v) is 40.3. The van der Waals surface area contributed by atoms with Crippen LogP contribution in [-0.2, 0) is 20.8 Å². The molecule has 2 saturated heterocycles. The topological polar surface area (TPSA) is 105 Å². The number of piperazine rings is 2. The fourth-order valence-corrected chi connectivity index (χ4v) is 11.6. The fraction of sp³-hybridized carbons (Fsp3) is 0.438. The highest BCUT2D eigenvalue weighted by molar-refractivity contribution is 7.99. The molecule has 0 aromatic heterocycles. The number of hydrogen-bond donors (Lipinski definition) is 2. The molecular formula is C48H58ClF3N6O4S3. The van der Waals surface area contributed by atoms with Gasteiger partial charge in [0, 0.05) is 98.4 Å². The molecule has 0 spiro atoms. The predicted octanol–water partition coefficient (Wildman–Crippen LogP) is 9.08. The number of sulfone groups is 1. The molecule has 7 rings (SSSR count). The van der Waals surface area contributed by atoms with Crippen molar-refractivity contribution in [3.8, 4) is 0 Å². The van der Waals surface area contributed by atoms with Gasteiger partial charge in [-0.2, -0.15) is 13.2 Å². The number of amides is 1. The van der Waals surface area contributed by atoms with E-state index in [1.807, 2.05) is 54.6 Å². The fourth-order valence-electron chi connectivity index (χ4n) is 8.65. The van der Waals surface area contributed by atoms with Gasteiger partial charge in [-0.15, -0.1) is 11.8 Å². The number of thioether (sulfide) groups is 1. The monoisotopic (exact) mass is 970 g/mol. The first-order chi connectivity index (χ1) is 30.9. The number of carbonyl (C=O) groups is 1. The highest BCUT2D eigenvalue weighted by atomic mass is 35.5. The SMILES string of the molecule is CN1CCN(CC[C@H](CSc2ccccc2)Nc2ccc(S(=O)NC(=O)c3ccc(N4CCN(CC5=C(c6ccc(Cl)cc6)CCC(C)(C)C5)CC4)cc3)cc2S(=O)(=O)C(F)(F)F)CC1. The summed E-state index contributed by atoms with van der Waals surface area (Å²) >= 11 is 7.71. The van der Waals surface area contributed by atoms with Crippen molar-refractivity contribution in [2.24, 2.45) is 5.41 Å². The van der Waals surface area contributed by atoms with Crippen LogP contribution in [0.2, 0.25) is 5.02 Å². The van der Waals surface area contributed by atoms with Crippen molar-refractivity contribution in [2.75, 3.05) is 88.5 Å². The van der Waals surface area contributed by atoms with Crippen LogP contribution in [-0.4, -0.2) is 123 Å². The number of carbonyl (C=O) groups excluding carboxylic acids is 1. The average molecular weight is 972 g/mol. The zero-order chi connectivity index (χ0) is 46.4. The van der Waals surface area contributed by atoms with Gasteiger partial charge in [0.05, 0.1) is 10.6 Å². The zero-order valence-electron chi connectivity index (χ0n) is 37.1. The number of halogens is 4. The first kappa shape index (κ1) is 49.0. The number of hydrogen-bond acceptors (Lipinski definition) is 10. The molecule has 0 saturated carbocycles. The quantitative estimate of drug-likeness (QED) is 0.106. The van der Waals surface area contributed by atoms with E-state index in [2.05, 4.69) is 62.7 Å². The summed E-state index contributed by atoms with van der Waals surface area (Å²) in [5, 5.41) is 3.84. The first-order valence-electron chi connectivity index (χ1n) is 22.0. The summed E-state index contributed by atoms with van der Waals surface area (Å²) < 4.78 is 84.6. The molecule has 2 fully saturated rings. The number of allylic oxidation sites excluding steroid dienone is 1. The third kappa shape index (κ3) is 13.0. The van der Waals surface area contributed by atoms with Gasteiger partial charge in [-0.3, -0.25) is 14.4 Å². The number of nitrogens with one attached hydrogen (secondary N) is 2. The van der Waals surface area contributed by atoms with Gasteiger partial charge < -0.3 is 20.0 Å². The molecule has 1 unspecified atom stereocenters. The minimum absolute atomic E-state index is 0.197. The van der Waals surface area contributed by atoms with Crippen molar-refractivity contribution < 1.29 is 30.6 Å². The Morgan fingerprint density at radius 1 is 0.877 bits per heavy atom. The predicted molar refractivity (Wildman–Crippen MR) is 258 cm³/mol. The van der Waals surface area contributed by atoms with Crippen LogP contribution in [0, 0.1) is 5.41 Å². The standard InChI is InChI=1S/C48H58ClF3N6O4S3/c1-47(2)21-19-43(35-9-13-38(49)14-10-35)37(32-47)33-57-27-29-58(30-28-57)40-15-11-36(12-16-40)46(59)54-64(60)42-17-18-44(45(31-42)65(61,62)48(50,51)52)53-39(34-63-41-7-5-4-6-8-41)20-22-56-25-23-55(3)24-26-56/h4-18,31,39,53H,19-30,32-34H2,1-3H3,(H,54,59)/t39-,64?/m1/s1. The highest BCUT2D eigenvalue weighted by Gasteiger charge is 2.48. The summed E-state index contributed by atoms with van der Waals surface area (Å²) in [4.78, 5) is 22.2. The molecular weight excluding hydrogens is 913 g/mol. The maximum absolute atomic E-state index is 14.2. The number of benzene rings is 4. The molecule has 2 N–H and O–H groups in total. The van der Waals surface area contributed by atoms with E-state index in [1.165, 1.54) is 40.6 Å². The molecule has 17 heteroatoms. The molecule has 1 aliphatic carbocycles. The third-order valence-corrected chi connectivity index (χ3v) is 16.5. The van der Waals surface area contributed by atoms with Gasteiger partial charge in [0.1, 0.15) is 4.90 Å². The summed E-state index contributed by atoms with van der Waals surface area (Å²) in [5.41, 5.74) is -0.375. The lowest BCUT2D eigenvalue weighted by molar-refractivity contribution is -0.0435. The van der Waals surface area contributed by atoms with Crippen molar-refractivity contribution in [3.05, 3.63) is 119 Å². The Hall–Kier alpha value is -3.90. The minimum Gasteiger partial charge on any atom is -0.380 e. The molecule has 10 nitrogen and oxygen atoms in total. The summed E-state index contributed by atoms with van der Waals surface area (Å²) in [6.07, 6.45) is 3.76. The van der Waals surface area contributed by atoms with Crippen molar-refractivity contribution in [3.63, 3.8) is 0 Å². The largest absolute Gasteiger partial charge is 0.501 e. The van der Waals surface area contributed by atoms with Crippen LogP contribution >= 0.6 is 23.4 Å². The Kier molecular flexibility index (Phi) is 16.1. The molecule has 1 amide bonds. The lowest BCUT2D eigenvalue weighted by atomic mass is 9.73. The molecule has 65 heavy (non-hydrogen) atoms. The van der Waals surface area contributed by atoms with Gasteiger partial charge in [-0.25, -0.2) is 12.6 Å².